The average molecular weight is 465 g/mol. The highest BCUT2D eigenvalue weighted by molar-refractivity contribution is 6.05. The topological polar surface area (TPSA) is 99.0 Å². The molecule has 0 bridgehead atoms. The Labute approximate surface area is 198 Å². The molecule has 8 nitrogen and oxygen atoms in total. The zero-order chi connectivity index (χ0) is 24.5. The molecule has 3 aromatic rings. The van der Waals surface area contributed by atoms with Crippen molar-refractivity contribution >= 4 is 17.9 Å². The van der Waals surface area contributed by atoms with Gasteiger partial charge in [-0.25, -0.2) is 0 Å². The molecule has 0 spiro atoms. The summed E-state index contributed by atoms with van der Waals surface area (Å²) in [5, 5.41) is 5.67. The van der Waals surface area contributed by atoms with Gasteiger partial charge in [-0.15, -0.1) is 0 Å². The zero-order valence-corrected chi connectivity index (χ0v) is 19.6. The number of carbonyl (C=O) groups excluding carboxylic acids is 2. The molecule has 0 aliphatic carbocycles. The van der Waals surface area contributed by atoms with Gasteiger partial charge in [-0.2, -0.15) is 0 Å². The molecule has 1 heterocycles. The maximum absolute atomic E-state index is 13.2. The first-order valence-electron chi connectivity index (χ1n) is 10.7. The number of hydrogen-bond acceptors (Lipinski definition) is 6. The van der Waals surface area contributed by atoms with Crippen molar-refractivity contribution in [1.29, 1.82) is 0 Å². The Morgan fingerprint density at radius 1 is 0.971 bits per heavy atom. The predicted molar refractivity (Wildman–Crippen MR) is 128 cm³/mol. The maximum Gasteiger partial charge on any atom is 0.268 e. The van der Waals surface area contributed by atoms with E-state index >= 15 is 0 Å². The fourth-order valence-corrected chi connectivity index (χ4v) is 3.34. The summed E-state index contributed by atoms with van der Waals surface area (Å²) in [6.07, 6.45) is 3.62. The molecular weight excluding hydrogens is 436 g/mol. The van der Waals surface area contributed by atoms with Crippen LogP contribution in [0.2, 0.25) is 0 Å². The number of nitrogens with one attached hydrogen (secondary N) is 2. The van der Waals surface area contributed by atoms with Crippen molar-refractivity contribution in [1.82, 2.24) is 10.6 Å². The highest BCUT2D eigenvalue weighted by Crippen LogP contribution is 2.27. The van der Waals surface area contributed by atoms with Gasteiger partial charge in [0, 0.05) is 11.6 Å². The van der Waals surface area contributed by atoms with Crippen LogP contribution in [-0.4, -0.2) is 33.1 Å². The monoisotopic (exact) mass is 464 g/mol. The average Bonchev–Trinajstić information content (AvgIpc) is 3.39. The number of amides is 2. The molecule has 2 N–H and O–H groups in total. The number of furan rings is 1. The predicted octanol–water partition coefficient (Wildman–Crippen LogP) is 4.34. The highest BCUT2D eigenvalue weighted by Gasteiger charge is 2.20. The molecule has 0 saturated carbocycles. The van der Waals surface area contributed by atoms with Crippen LogP contribution in [-0.2, 0) is 4.79 Å². The first kappa shape index (κ1) is 24.4. The number of methoxy groups -OCH3 is 3. The van der Waals surface area contributed by atoms with Crippen LogP contribution in [0.3, 0.4) is 0 Å². The van der Waals surface area contributed by atoms with E-state index in [4.69, 9.17) is 18.6 Å². The Balaban J connectivity index is 1.84. The third-order valence-corrected chi connectivity index (χ3v) is 5.20. The quantitative estimate of drug-likeness (QED) is 0.433. The second-order valence-corrected chi connectivity index (χ2v) is 7.30. The fraction of sp³-hybridized carbons (Fsp3) is 0.231. The second kappa shape index (κ2) is 11.6. The fourth-order valence-electron chi connectivity index (χ4n) is 3.34. The summed E-state index contributed by atoms with van der Waals surface area (Å²) < 4.78 is 21.1. The van der Waals surface area contributed by atoms with Gasteiger partial charge in [-0.05, 0) is 54.4 Å². The molecule has 34 heavy (non-hydrogen) atoms. The first-order valence-corrected chi connectivity index (χ1v) is 10.7. The number of rotatable bonds is 10. The lowest BCUT2D eigenvalue weighted by molar-refractivity contribution is -0.118. The molecule has 0 aliphatic rings. The Morgan fingerprint density at radius 3 is 2.29 bits per heavy atom. The molecule has 1 aromatic heterocycles. The van der Waals surface area contributed by atoms with Gasteiger partial charge in [0.05, 0.1) is 33.6 Å². The van der Waals surface area contributed by atoms with E-state index in [1.165, 1.54) is 26.6 Å². The van der Waals surface area contributed by atoms with E-state index in [1.807, 2.05) is 31.2 Å². The Hall–Kier alpha value is -4.20. The minimum absolute atomic E-state index is 0.0432. The summed E-state index contributed by atoms with van der Waals surface area (Å²) in [4.78, 5) is 26.2. The van der Waals surface area contributed by atoms with Gasteiger partial charge in [0.1, 0.15) is 17.2 Å². The highest BCUT2D eigenvalue weighted by atomic mass is 16.5. The molecule has 0 aliphatic heterocycles. The summed E-state index contributed by atoms with van der Waals surface area (Å²) >= 11 is 0. The van der Waals surface area contributed by atoms with Crippen molar-refractivity contribution in [3.63, 3.8) is 0 Å². The summed E-state index contributed by atoms with van der Waals surface area (Å²) in [5.74, 6) is 1.12. The first-order chi connectivity index (χ1) is 16.5. The van der Waals surface area contributed by atoms with E-state index in [1.54, 1.807) is 37.4 Å². The molecule has 178 valence electrons. The summed E-state index contributed by atoms with van der Waals surface area (Å²) in [7, 11) is 4.60. The third-order valence-electron chi connectivity index (χ3n) is 5.20. The van der Waals surface area contributed by atoms with Gasteiger partial charge in [-0.1, -0.05) is 19.1 Å². The molecule has 0 unspecified atom stereocenters. The Kier molecular flexibility index (Phi) is 8.34. The molecule has 2 aromatic carbocycles. The largest absolute Gasteiger partial charge is 0.497 e. The summed E-state index contributed by atoms with van der Waals surface area (Å²) in [5.41, 5.74) is 1.26. The van der Waals surface area contributed by atoms with Gasteiger partial charge in [0.15, 0.2) is 11.5 Å². The van der Waals surface area contributed by atoms with E-state index in [0.29, 0.717) is 29.2 Å². The van der Waals surface area contributed by atoms with Gasteiger partial charge in [0.25, 0.3) is 11.8 Å². The Morgan fingerprint density at radius 2 is 1.71 bits per heavy atom. The molecule has 0 saturated heterocycles. The van der Waals surface area contributed by atoms with Gasteiger partial charge >= 0.3 is 0 Å². The third kappa shape index (κ3) is 5.98. The number of hydrogen-bond donors (Lipinski definition) is 2. The van der Waals surface area contributed by atoms with Gasteiger partial charge in [-0.3, -0.25) is 9.59 Å². The van der Waals surface area contributed by atoms with Crippen molar-refractivity contribution in [2.45, 2.75) is 19.4 Å². The Bertz CT molecular complexity index is 1140. The number of ether oxygens (including phenoxy) is 3. The van der Waals surface area contributed by atoms with E-state index in [2.05, 4.69) is 10.6 Å². The normalized spacial score (nSPS) is 11.9. The van der Waals surface area contributed by atoms with E-state index in [9.17, 15) is 9.59 Å². The minimum Gasteiger partial charge on any atom is -0.497 e. The van der Waals surface area contributed by atoms with Crippen molar-refractivity contribution in [3.8, 4) is 17.2 Å². The lowest BCUT2D eigenvalue weighted by atomic mass is 10.0. The lowest BCUT2D eigenvalue weighted by Gasteiger charge is -2.19. The minimum atomic E-state index is -0.480. The summed E-state index contributed by atoms with van der Waals surface area (Å²) in [6, 6.07) is 15.3. The van der Waals surface area contributed by atoms with E-state index in [-0.39, 0.29) is 11.7 Å². The summed E-state index contributed by atoms with van der Waals surface area (Å²) in [6.45, 7) is 1.97. The van der Waals surface area contributed by atoms with Crippen molar-refractivity contribution in [2.24, 2.45) is 0 Å². The molecule has 3 rings (SSSR count). The van der Waals surface area contributed by atoms with E-state index in [0.717, 1.165) is 11.3 Å². The van der Waals surface area contributed by atoms with Crippen LogP contribution >= 0.6 is 0 Å². The maximum atomic E-state index is 13.2. The second-order valence-electron chi connectivity index (χ2n) is 7.30. The van der Waals surface area contributed by atoms with Crippen LogP contribution in [0.4, 0.5) is 0 Å². The number of benzene rings is 2. The van der Waals surface area contributed by atoms with Crippen LogP contribution in [0.1, 0.15) is 41.1 Å². The smallest absolute Gasteiger partial charge is 0.268 e. The molecule has 2 amide bonds. The molecule has 1 atom stereocenters. The van der Waals surface area contributed by atoms with Crippen LogP contribution in [0, 0.1) is 0 Å². The van der Waals surface area contributed by atoms with Crippen molar-refractivity contribution in [3.05, 3.63) is 83.4 Å². The molecule has 0 radical (unpaired) electrons. The van der Waals surface area contributed by atoms with Crippen LogP contribution in [0.15, 0.2) is 71.0 Å². The van der Waals surface area contributed by atoms with Crippen LogP contribution in [0.5, 0.6) is 17.2 Å². The van der Waals surface area contributed by atoms with Gasteiger partial charge < -0.3 is 29.3 Å². The SMILES string of the molecule is CC[C@H](NC(=O)/C(=C/c1ccco1)NC(=O)c1ccc(OC)c(OC)c1)c1ccc(OC)cc1. The molecule has 8 heteroatoms. The standard InChI is InChI=1S/C26H28N2O6/c1-5-21(17-8-11-19(31-2)12-9-17)27-26(30)22(16-20-7-6-14-34-20)28-25(29)18-10-13-23(32-3)24(15-18)33-4/h6-16,21H,5H2,1-4H3,(H,27,30)(H,28,29)/b22-16-/t21-/m0/s1. The molecular formula is C26H28N2O6. The van der Waals surface area contributed by atoms with Crippen molar-refractivity contribution in [2.75, 3.05) is 21.3 Å². The van der Waals surface area contributed by atoms with Crippen molar-refractivity contribution < 1.29 is 28.2 Å². The van der Waals surface area contributed by atoms with Gasteiger partial charge in [0.2, 0.25) is 0 Å². The van der Waals surface area contributed by atoms with Crippen LogP contribution < -0.4 is 24.8 Å². The number of carbonyl (C=O) groups is 2. The van der Waals surface area contributed by atoms with Crippen LogP contribution in [0.25, 0.3) is 6.08 Å². The molecule has 0 fully saturated rings. The zero-order valence-electron chi connectivity index (χ0n) is 19.6. The lowest BCUT2D eigenvalue weighted by Crippen LogP contribution is -2.36. The van der Waals surface area contributed by atoms with E-state index < -0.39 is 11.8 Å².